The van der Waals surface area contributed by atoms with E-state index in [4.69, 9.17) is 19.3 Å². The summed E-state index contributed by atoms with van der Waals surface area (Å²) >= 11 is 2.52. The minimum Gasteiger partial charge on any atom is -0.427 e. The van der Waals surface area contributed by atoms with Crippen molar-refractivity contribution in [2.45, 2.75) is 44.0 Å². The highest BCUT2D eigenvalue weighted by Gasteiger charge is 2.38. The highest BCUT2D eigenvalue weighted by molar-refractivity contribution is 8.13. The topological polar surface area (TPSA) is 106 Å². The summed E-state index contributed by atoms with van der Waals surface area (Å²) in [6.07, 6.45) is 0.448. The summed E-state index contributed by atoms with van der Waals surface area (Å²) in [5, 5.41) is -0.814. The van der Waals surface area contributed by atoms with Gasteiger partial charge in [0.05, 0.1) is 13.2 Å². The summed E-state index contributed by atoms with van der Waals surface area (Å²) < 4.78 is 33.5. The van der Waals surface area contributed by atoms with Crippen molar-refractivity contribution in [3.63, 3.8) is 0 Å². The second kappa shape index (κ2) is 12.4. The van der Waals surface area contributed by atoms with Gasteiger partial charge in [0, 0.05) is 22.6 Å². The number of benzene rings is 1. The number of carbonyl (C=O) groups is 1. The second-order valence-electron chi connectivity index (χ2n) is 8.59. The first-order chi connectivity index (χ1) is 16.1. The van der Waals surface area contributed by atoms with Crippen LogP contribution in [0.2, 0.25) is 0 Å². The molecule has 3 rings (SSSR count). The van der Waals surface area contributed by atoms with Crippen molar-refractivity contribution >= 4 is 43.1 Å². The largest absolute Gasteiger partial charge is 0.427 e. The van der Waals surface area contributed by atoms with Gasteiger partial charge in [0.1, 0.15) is 23.1 Å². The first-order valence-corrected chi connectivity index (χ1v) is 13.8. The van der Waals surface area contributed by atoms with Crippen LogP contribution in [0.3, 0.4) is 0 Å². The number of nitrogens with zero attached hydrogens (tertiary/aromatic N) is 2. The lowest BCUT2D eigenvalue weighted by Gasteiger charge is -2.20. The third-order valence-corrected chi connectivity index (χ3v) is 8.54. The molecular weight excluding hydrogens is 500 g/mol. The molecule has 0 saturated carbocycles. The number of hydrogen-bond donors (Lipinski definition) is 1. The van der Waals surface area contributed by atoms with Crippen molar-refractivity contribution in [1.82, 2.24) is 9.55 Å². The van der Waals surface area contributed by atoms with E-state index in [1.54, 1.807) is 12.1 Å². The number of hydrogen-bond acceptors (Lipinski definition) is 9. The van der Waals surface area contributed by atoms with E-state index in [9.17, 15) is 14.0 Å². The van der Waals surface area contributed by atoms with E-state index in [1.165, 1.54) is 40.4 Å². The van der Waals surface area contributed by atoms with Gasteiger partial charge in [-0.25, -0.2) is 9.18 Å². The Balaban J connectivity index is 1.55. The van der Waals surface area contributed by atoms with Gasteiger partial charge in [-0.15, -0.1) is 11.8 Å². The quantitative estimate of drug-likeness (QED) is 0.343. The molecule has 1 aromatic carbocycles. The summed E-state index contributed by atoms with van der Waals surface area (Å²) in [5.41, 5.74) is 4.52. The molecule has 34 heavy (non-hydrogen) atoms. The molecule has 0 amide bonds. The van der Waals surface area contributed by atoms with Crippen molar-refractivity contribution in [3.05, 3.63) is 53.1 Å². The zero-order chi connectivity index (χ0) is 24.7. The van der Waals surface area contributed by atoms with Crippen LogP contribution >= 0.6 is 32.1 Å². The molecule has 0 spiro atoms. The zero-order valence-corrected chi connectivity index (χ0v) is 21.8. The van der Waals surface area contributed by atoms with Crippen molar-refractivity contribution in [2.24, 2.45) is 5.41 Å². The summed E-state index contributed by atoms with van der Waals surface area (Å²) in [6.45, 7) is 6.07. The molecule has 4 unspecified atom stereocenters. The maximum Gasteiger partial charge on any atom is 0.397 e. The smallest absolute Gasteiger partial charge is 0.397 e. The highest BCUT2D eigenvalue weighted by atomic mass is 32.2. The van der Waals surface area contributed by atoms with Crippen molar-refractivity contribution in [2.75, 3.05) is 24.7 Å². The molecule has 1 fully saturated rings. The summed E-state index contributed by atoms with van der Waals surface area (Å²) in [4.78, 5) is 27.9. The van der Waals surface area contributed by atoms with Crippen LogP contribution in [0.5, 0.6) is 5.75 Å². The molecule has 2 aromatic rings. The van der Waals surface area contributed by atoms with E-state index in [2.05, 4.69) is 4.98 Å². The third kappa shape index (κ3) is 7.95. The number of nitrogen functional groups attached to an aromatic ring is 1. The van der Waals surface area contributed by atoms with Crippen LogP contribution in [-0.4, -0.2) is 45.1 Å². The molecule has 2 N–H and O–H groups in total. The molecule has 1 aromatic heterocycles. The van der Waals surface area contributed by atoms with Crippen LogP contribution in [0.4, 0.5) is 10.2 Å². The Hall–Kier alpha value is -1.65. The van der Waals surface area contributed by atoms with Crippen LogP contribution in [-0.2, 0) is 13.8 Å². The van der Waals surface area contributed by atoms with Crippen LogP contribution in [0.15, 0.2) is 47.4 Å². The predicted octanol–water partition coefficient (Wildman–Crippen LogP) is 4.81. The van der Waals surface area contributed by atoms with Gasteiger partial charge in [-0.05, 0) is 24.6 Å². The lowest BCUT2D eigenvalue weighted by molar-refractivity contribution is -0.117. The fraction of sp³-hybridized carbons (Fsp3) is 0.500. The van der Waals surface area contributed by atoms with E-state index >= 15 is 0 Å². The molecule has 0 aliphatic carbocycles. The molecule has 4 atom stereocenters. The number of thioether (sulfide) groups is 2. The number of rotatable bonds is 10. The summed E-state index contributed by atoms with van der Waals surface area (Å²) in [6, 6.07) is 10.6. The van der Waals surface area contributed by atoms with Crippen LogP contribution in [0.1, 0.15) is 32.6 Å². The fourth-order valence-electron chi connectivity index (χ4n) is 2.94. The van der Waals surface area contributed by atoms with Gasteiger partial charge in [0.25, 0.3) is 0 Å². The molecule has 8 nitrogen and oxygen atoms in total. The maximum atomic E-state index is 14.7. The number of alkyl halides is 1. The predicted molar refractivity (Wildman–Crippen MR) is 136 cm³/mol. The average Bonchev–Trinajstić information content (AvgIpc) is 3.15. The molecular formula is C22H29FN3O5PS2. The van der Waals surface area contributed by atoms with E-state index in [0.717, 1.165) is 0 Å². The minimum absolute atomic E-state index is 0.0834. The Kier molecular flexibility index (Phi) is 9.79. The maximum absolute atomic E-state index is 14.7. The molecule has 2 heterocycles. The molecule has 1 aliphatic heterocycles. The molecule has 0 bridgehead atoms. The number of anilines is 1. The van der Waals surface area contributed by atoms with E-state index in [-0.39, 0.29) is 35.8 Å². The summed E-state index contributed by atoms with van der Waals surface area (Å²) in [5.74, 6) is 1.16. The van der Waals surface area contributed by atoms with Crippen molar-refractivity contribution in [1.29, 1.82) is 0 Å². The Morgan fingerprint density at radius 3 is 2.71 bits per heavy atom. The minimum atomic E-state index is -1.76. The first-order valence-electron chi connectivity index (χ1n) is 10.7. The SMILES string of the molecule is CC(C)(C)C(=O)SCCOP(OCC1CC(F)C(n2ccc(N)nc2=O)S1)Oc1ccccc1. The van der Waals surface area contributed by atoms with Gasteiger partial charge in [0.2, 0.25) is 0 Å². The van der Waals surface area contributed by atoms with Gasteiger partial charge < -0.3 is 19.3 Å². The van der Waals surface area contributed by atoms with E-state index in [0.29, 0.717) is 11.5 Å². The number of carbonyl (C=O) groups excluding carboxylic acids is 1. The molecule has 0 radical (unpaired) electrons. The monoisotopic (exact) mass is 529 g/mol. The third-order valence-electron chi connectivity index (χ3n) is 4.67. The van der Waals surface area contributed by atoms with Crippen molar-refractivity contribution in [3.8, 4) is 5.75 Å². The first kappa shape index (κ1) is 26.9. The Morgan fingerprint density at radius 1 is 1.29 bits per heavy atom. The standard InChI is InChI=1S/C22H29FN3O5PS2/c1-22(2,3)20(27)33-12-11-29-32(31-15-7-5-4-6-8-15)30-14-16-13-17(23)19(34-16)26-10-9-18(24)25-21(26)28/h4-10,16-17,19H,11-14H2,1-3H3,(H2,24,25,28). The van der Waals surface area contributed by atoms with Crippen LogP contribution < -0.4 is 15.9 Å². The van der Waals surface area contributed by atoms with Gasteiger partial charge >= 0.3 is 14.3 Å². The lowest BCUT2D eigenvalue weighted by atomic mass is 10.00. The highest BCUT2D eigenvalue weighted by Crippen LogP contribution is 2.46. The summed E-state index contributed by atoms with van der Waals surface area (Å²) in [7, 11) is -1.76. The fourth-order valence-corrected chi connectivity index (χ4v) is 6.37. The Morgan fingerprint density at radius 2 is 2.03 bits per heavy atom. The van der Waals surface area contributed by atoms with Gasteiger partial charge in [-0.1, -0.05) is 50.7 Å². The van der Waals surface area contributed by atoms with Crippen LogP contribution in [0.25, 0.3) is 0 Å². The van der Waals surface area contributed by atoms with Gasteiger partial charge in [-0.2, -0.15) is 4.98 Å². The molecule has 12 heteroatoms. The number of nitrogens with two attached hydrogens (primary N) is 1. The second-order valence-corrected chi connectivity index (χ2v) is 12.2. The normalized spacial score (nSPS) is 21.4. The number of para-hydroxylation sites is 1. The Labute approximate surface area is 208 Å². The van der Waals surface area contributed by atoms with E-state index in [1.807, 2.05) is 39.0 Å². The van der Waals surface area contributed by atoms with Gasteiger partial charge in [-0.3, -0.25) is 9.36 Å². The average molecular weight is 530 g/mol. The zero-order valence-electron chi connectivity index (χ0n) is 19.3. The lowest BCUT2D eigenvalue weighted by Crippen LogP contribution is -2.28. The number of halogens is 1. The molecule has 186 valence electrons. The van der Waals surface area contributed by atoms with Crippen molar-refractivity contribution < 1.29 is 22.8 Å². The van der Waals surface area contributed by atoms with Crippen LogP contribution in [0, 0.1) is 5.41 Å². The van der Waals surface area contributed by atoms with Gasteiger partial charge in [0.15, 0.2) is 5.12 Å². The molecule has 1 aliphatic rings. The molecule has 1 saturated heterocycles. The number of aromatic nitrogens is 2. The van der Waals surface area contributed by atoms with E-state index < -0.39 is 31.3 Å². The Bertz CT molecular complexity index is 1010.